The minimum Gasteiger partial charge on any atom is -0.451 e. The van der Waals surface area contributed by atoms with Gasteiger partial charge in [0, 0.05) is 30.1 Å². The molecular formula is C19H22N4O3. The number of hydrogen-bond donors (Lipinski definition) is 2. The van der Waals surface area contributed by atoms with Gasteiger partial charge in [-0.15, -0.1) is 0 Å². The van der Waals surface area contributed by atoms with Crippen LogP contribution in [0.1, 0.15) is 39.5 Å². The summed E-state index contributed by atoms with van der Waals surface area (Å²) in [6, 6.07) is 7.42. The van der Waals surface area contributed by atoms with E-state index in [9.17, 15) is 9.59 Å². The van der Waals surface area contributed by atoms with Crippen LogP contribution in [-0.4, -0.2) is 21.6 Å². The van der Waals surface area contributed by atoms with Gasteiger partial charge in [0.2, 0.25) is 5.91 Å². The molecule has 2 N–H and O–H groups in total. The fraction of sp³-hybridized carbons (Fsp3) is 0.316. The number of nitrogens with one attached hydrogen (secondary N) is 2. The van der Waals surface area contributed by atoms with Crippen molar-refractivity contribution in [2.24, 2.45) is 7.05 Å². The number of carbonyl (C=O) groups excluding carboxylic acids is 2. The Hall–Kier alpha value is -3.09. The van der Waals surface area contributed by atoms with Crippen molar-refractivity contribution in [3.63, 3.8) is 0 Å². The van der Waals surface area contributed by atoms with Crippen LogP contribution in [0.15, 0.2) is 28.7 Å². The summed E-state index contributed by atoms with van der Waals surface area (Å²) in [6.07, 6.45) is 0.823. The Morgan fingerprint density at radius 2 is 1.88 bits per heavy atom. The highest BCUT2D eigenvalue weighted by Crippen LogP contribution is 2.24. The first kappa shape index (κ1) is 17.7. The molecule has 2 aromatic heterocycles. The van der Waals surface area contributed by atoms with Crippen LogP contribution < -0.4 is 10.9 Å². The fourth-order valence-electron chi connectivity index (χ4n) is 3.05. The first-order valence-corrected chi connectivity index (χ1v) is 8.45. The number of benzene rings is 1. The van der Waals surface area contributed by atoms with Crippen molar-refractivity contribution in [3.05, 3.63) is 52.5 Å². The molecule has 0 aliphatic rings. The molecule has 0 radical (unpaired) electrons. The second kappa shape index (κ2) is 7.03. The van der Waals surface area contributed by atoms with E-state index in [1.807, 2.05) is 46.0 Å². The first-order valence-electron chi connectivity index (χ1n) is 8.45. The smallest absolute Gasteiger partial charge is 0.305 e. The Kier molecular flexibility index (Phi) is 4.79. The molecule has 2 amide bonds. The molecule has 0 bridgehead atoms. The van der Waals surface area contributed by atoms with Crippen LogP contribution in [0, 0.1) is 20.8 Å². The van der Waals surface area contributed by atoms with E-state index >= 15 is 0 Å². The van der Waals surface area contributed by atoms with Gasteiger partial charge in [-0.1, -0.05) is 18.2 Å². The lowest BCUT2D eigenvalue weighted by Gasteiger charge is -2.07. The standard InChI is InChI=1S/C19H22N4O3/c1-11-14-7-5-6-8-16(14)26-18(11)19(25)21-20-17(24)10-9-15-12(2)22-23(4)13(15)3/h5-8H,9-10H2,1-4H3,(H,20,24)(H,21,25). The minimum absolute atomic E-state index is 0.199. The van der Waals surface area contributed by atoms with E-state index < -0.39 is 5.91 Å². The molecule has 0 spiro atoms. The van der Waals surface area contributed by atoms with Crippen molar-refractivity contribution in [1.82, 2.24) is 20.6 Å². The second-order valence-corrected chi connectivity index (χ2v) is 6.33. The lowest BCUT2D eigenvalue weighted by molar-refractivity contribution is -0.121. The predicted octanol–water partition coefficient (Wildman–Crippen LogP) is 2.49. The minimum atomic E-state index is -0.471. The number of hydrogen-bond acceptors (Lipinski definition) is 4. The highest BCUT2D eigenvalue weighted by molar-refractivity contribution is 5.99. The Morgan fingerprint density at radius 1 is 1.15 bits per heavy atom. The Bertz CT molecular complexity index is 984. The van der Waals surface area contributed by atoms with E-state index in [0.29, 0.717) is 12.0 Å². The zero-order valence-corrected chi connectivity index (χ0v) is 15.3. The zero-order chi connectivity index (χ0) is 18.8. The van der Waals surface area contributed by atoms with Crippen LogP contribution in [-0.2, 0) is 18.3 Å². The molecule has 0 aliphatic heterocycles. The third kappa shape index (κ3) is 3.33. The third-order valence-electron chi connectivity index (χ3n) is 4.63. The quantitative estimate of drug-likeness (QED) is 0.705. The number of rotatable bonds is 4. The lowest BCUT2D eigenvalue weighted by atomic mass is 10.1. The van der Waals surface area contributed by atoms with E-state index in [0.717, 1.165) is 27.9 Å². The normalized spacial score (nSPS) is 10.9. The third-order valence-corrected chi connectivity index (χ3v) is 4.63. The maximum atomic E-state index is 12.3. The topological polar surface area (TPSA) is 89.2 Å². The van der Waals surface area contributed by atoms with Gasteiger partial charge in [0.25, 0.3) is 0 Å². The summed E-state index contributed by atoms with van der Waals surface area (Å²) in [7, 11) is 1.88. The van der Waals surface area contributed by atoms with Gasteiger partial charge in [0.05, 0.1) is 5.69 Å². The molecule has 0 atom stereocenters. The Morgan fingerprint density at radius 3 is 2.54 bits per heavy atom. The van der Waals surface area contributed by atoms with Gasteiger partial charge >= 0.3 is 5.91 Å². The van der Waals surface area contributed by atoms with Gasteiger partial charge < -0.3 is 4.42 Å². The molecule has 0 unspecified atom stereocenters. The predicted molar refractivity (Wildman–Crippen MR) is 97.6 cm³/mol. The van der Waals surface area contributed by atoms with E-state index in [4.69, 9.17) is 4.42 Å². The summed E-state index contributed by atoms with van der Waals surface area (Å²) < 4.78 is 7.38. The van der Waals surface area contributed by atoms with Gasteiger partial charge in [-0.05, 0) is 38.8 Å². The van der Waals surface area contributed by atoms with Crippen LogP contribution in [0.3, 0.4) is 0 Å². The molecule has 3 rings (SSSR count). The highest BCUT2D eigenvalue weighted by Gasteiger charge is 2.18. The van der Waals surface area contributed by atoms with Crippen LogP contribution in [0.4, 0.5) is 0 Å². The monoisotopic (exact) mass is 354 g/mol. The van der Waals surface area contributed by atoms with E-state index in [2.05, 4.69) is 16.0 Å². The van der Waals surface area contributed by atoms with Crippen molar-refractivity contribution in [3.8, 4) is 0 Å². The maximum Gasteiger partial charge on any atom is 0.305 e. The summed E-state index contributed by atoms with van der Waals surface area (Å²) in [4.78, 5) is 24.3. The molecule has 26 heavy (non-hydrogen) atoms. The van der Waals surface area contributed by atoms with E-state index in [1.54, 1.807) is 10.7 Å². The van der Waals surface area contributed by atoms with Crippen LogP contribution >= 0.6 is 0 Å². The van der Waals surface area contributed by atoms with Crippen LogP contribution in [0.25, 0.3) is 11.0 Å². The number of fused-ring (bicyclic) bond motifs is 1. The average molecular weight is 354 g/mol. The molecule has 0 aliphatic carbocycles. The molecule has 3 aromatic rings. The first-order chi connectivity index (χ1) is 12.4. The molecule has 0 saturated carbocycles. The summed E-state index contributed by atoms with van der Waals surface area (Å²) >= 11 is 0. The number of aromatic nitrogens is 2. The Labute approximate surface area is 151 Å². The molecule has 0 fully saturated rings. The number of nitrogens with zero attached hydrogens (tertiary/aromatic N) is 2. The Balaban J connectivity index is 1.58. The summed E-state index contributed by atoms with van der Waals surface area (Å²) in [5.74, 6) is -0.541. The van der Waals surface area contributed by atoms with Crippen molar-refractivity contribution in [2.75, 3.05) is 0 Å². The zero-order valence-electron chi connectivity index (χ0n) is 15.3. The average Bonchev–Trinajstić information content (AvgIpc) is 3.08. The number of carbonyl (C=O) groups is 2. The van der Waals surface area contributed by atoms with Crippen molar-refractivity contribution in [2.45, 2.75) is 33.6 Å². The number of furan rings is 1. The highest BCUT2D eigenvalue weighted by atomic mass is 16.3. The van der Waals surface area contributed by atoms with Gasteiger partial charge in [0.15, 0.2) is 5.76 Å². The molecule has 2 heterocycles. The van der Waals surface area contributed by atoms with Crippen molar-refractivity contribution in [1.29, 1.82) is 0 Å². The lowest BCUT2D eigenvalue weighted by Crippen LogP contribution is -2.41. The SMILES string of the molecule is Cc1nn(C)c(C)c1CCC(=O)NNC(=O)c1oc2ccccc2c1C. The molecule has 7 nitrogen and oxygen atoms in total. The van der Waals surface area contributed by atoms with Crippen LogP contribution in [0.5, 0.6) is 0 Å². The number of hydrazine groups is 1. The molecule has 1 aromatic carbocycles. The summed E-state index contributed by atoms with van der Waals surface area (Å²) in [5.41, 5.74) is 9.26. The number of amides is 2. The van der Waals surface area contributed by atoms with Crippen LogP contribution in [0.2, 0.25) is 0 Å². The summed E-state index contributed by atoms with van der Waals surface area (Å²) in [5, 5.41) is 5.22. The largest absolute Gasteiger partial charge is 0.451 e. The van der Waals surface area contributed by atoms with Gasteiger partial charge in [-0.3, -0.25) is 25.1 Å². The molecule has 7 heteroatoms. The summed E-state index contributed by atoms with van der Waals surface area (Å²) in [6.45, 7) is 5.71. The van der Waals surface area contributed by atoms with Crippen molar-refractivity contribution < 1.29 is 14.0 Å². The maximum absolute atomic E-state index is 12.3. The number of aryl methyl sites for hydroxylation is 3. The van der Waals surface area contributed by atoms with E-state index in [1.165, 1.54) is 0 Å². The number of para-hydroxylation sites is 1. The molecule has 0 saturated heterocycles. The van der Waals surface area contributed by atoms with Crippen molar-refractivity contribution >= 4 is 22.8 Å². The molecular weight excluding hydrogens is 332 g/mol. The van der Waals surface area contributed by atoms with Gasteiger partial charge in [0.1, 0.15) is 5.58 Å². The molecule has 136 valence electrons. The fourth-order valence-corrected chi connectivity index (χ4v) is 3.05. The second-order valence-electron chi connectivity index (χ2n) is 6.33. The van der Waals surface area contributed by atoms with E-state index in [-0.39, 0.29) is 18.1 Å². The van der Waals surface area contributed by atoms with Gasteiger partial charge in [-0.25, -0.2) is 0 Å². The van der Waals surface area contributed by atoms with Gasteiger partial charge in [-0.2, -0.15) is 5.10 Å².